The number of amides is 1. The molecule has 3 aromatic rings. The minimum absolute atomic E-state index is 0.0148. The lowest BCUT2D eigenvalue weighted by molar-refractivity contribution is -0.113. The standard InChI is InChI=1S/C23H23NO2S/c1-2-18-11-13-20(14-12-18)24-23(25)17-27-16-19-7-6-10-22(15-19)26-21-8-4-3-5-9-21/h3-15H,2,16-17H2,1H3,(H,24,25). The van der Waals surface area contributed by atoms with Crippen molar-refractivity contribution in [2.24, 2.45) is 0 Å². The van der Waals surface area contributed by atoms with E-state index in [2.05, 4.69) is 12.2 Å². The van der Waals surface area contributed by atoms with Crippen LogP contribution in [0.3, 0.4) is 0 Å². The number of ether oxygens (including phenoxy) is 1. The Morgan fingerprint density at radius 2 is 1.63 bits per heavy atom. The molecule has 3 aromatic carbocycles. The first-order valence-electron chi connectivity index (χ1n) is 9.01. The molecule has 0 saturated carbocycles. The summed E-state index contributed by atoms with van der Waals surface area (Å²) in [4.78, 5) is 12.1. The van der Waals surface area contributed by atoms with E-state index in [-0.39, 0.29) is 5.91 Å². The van der Waals surface area contributed by atoms with Crippen molar-refractivity contribution in [1.82, 2.24) is 0 Å². The number of hydrogen-bond acceptors (Lipinski definition) is 3. The van der Waals surface area contributed by atoms with Gasteiger partial charge < -0.3 is 10.1 Å². The molecule has 27 heavy (non-hydrogen) atoms. The quantitative estimate of drug-likeness (QED) is 0.530. The molecule has 4 heteroatoms. The third kappa shape index (κ3) is 6.19. The van der Waals surface area contributed by atoms with E-state index in [4.69, 9.17) is 4.74 Å². The van der Waals surface area contributed by atoms with Gasteiger partial charge in [-0.15, -0.1) is 11.8 Å². The van der Waals surface area contributed by atoms with Crippen LogP contribution in [-0.4, -0.2) is 11.7 Å². The summed E-state index contributed by atoms with van der Waals surface area (Å²) in [7, 11) is 0. The number of benzene rings is 3. The van der Waals surface area contributed by atoms with E-state index >= 15 is 0 Å². The van der Waals surface area contributed by atoms with Gasteiger partial charge in [0.2, 0.25) is 5.91 Å². The Bertz CT molecular complexity index is 863. The van der Waals surface area contributed by atoms with Crippen molar-refractivity contribution in [3.8, 4) is 11.5 Å². The number of carbonyl (C=O) groups excluding carboxylic acids is 1. The average molecular weight is 378 g/mol. The van der Waals surface area contributed by atoms with Crippen molar-refractivity contribution >= 4 is 23.4 Å². The second kappa shape index (κ2) is 9.83. The molecule has 0 bridgehead atoms. The summed E-state index contributed by atoms with van der Waals surface area (Å²) in [6, 6.07) is 25.7. The van der Waals surface area contributed by atoms with Gasteiger partial charge in [-0.2, -0.15) is 0 Å². The van der Waals surface area contributed by atoms with Gasteiger partial charge in [-0.3, -0.25) is 4.79 Å². The number of nitrogens with one attached hydrogen (secondary N) is 1. The third-order valence-corrected chi connectivity index (χ3v) is 5.03. The highest BCUT2D eigenvalue weighted by Crippen LogP contribution is 2.23. The first-order valence-corrected chi connectivity index (χ1v) is 10.2. The SMILES string of the molecule is CCc1ccc(NC(=O)CSCc2cccc(Oc3ccccc3)c2)cc1. The van der Waals surface area contributed by atoms with Crippen molar-refractivity contribution in [2.45, 2.75) is 19.1 Å². The number of anilines is 1. The van der Waals surface area contributed by atoms with Crippen LogP contribution < -0.4 is 10.1 Å². The largest absolute Gasteiger partial charge is 0.457 e. The highest BCUT2D eigenvalue weighted by atomic mass is 32.2. The normalized spacial score (nSPS) is 10.4. The number of rotatable bonds is 8. The molecule has 3 rings (SSSR count). The van der Waals surface area contributed by atoms with E-state index in [0.717, 1.165) is 34.9 Å². The lowest BCUT2D eigenvalue weighted by Crippen LogP contribution is -2.14. The monoisotopic (exact) mass is 377 g/mol. The Morgan fingerprint density at radius 1 is 0.889 bits per heavy atom. The molecule has 0 fully saturated rings. The van der Waals surface area contributed by atoms with E-state index in [1.54, 1.807) is 11.8 Å². The molecule has 0 spiro atoms. The molecule has 0 heterocycles. The summed E-state index contributed by atoms with van der Waals surface area (Å²) in [6.45, 7) is 2.12. The van der Waals surface area contributed by atoms with Gasteiger partial charge in [0.15, 0.2) is 0 Å². The van der Waals surface area contributed by atoms with Crippen LogP contribution in [0.5, 0.6) is 11.5 Å². The van der Waals surface area contributed by atoms with Crippen LogP contribution in [-0.2, 0) is 17.0 Å². The van der Waals surface area contributed by atoms with E-state index in [1.807, 2.05) is 78.9 Å². The second-order valence-corrected chi connectivity index (χ2v) is 7.14. The molecule has 0 aliphatic carbocycles. The molecule has 0 atom stereocenters. The summed E-state index contributed by atoms with van der Waals surface area (Å²) in [5.41, 5.74) is 3.24. The van der Waals surface area contributed by atoms with Gasteiger partial charge >= 0.3 is 0 Å². The summed E-state index contributed by atoms with van der Waals surface area (Å²) in [6.07, 6.45) is 0.997. The summed E-state index contributed by atoms with van der Waals surface area (Å²) >= 11 is 1.59. The van der Waals surface area contributed by atoms with Gasteiger partial charge in [0.05, 0.1) is 5.75 Å². The van der Waals surface area contributed by atoms with E-state index in [0.29, 0.717) is 5.75 Å². The molecular weight excluding hydrogens is 354 g/mol. The van der Waals surface area contributed by atoms with Crippen molar-refractivity contribution in [3.63, 3.8) is 0 Å². The maximum absolute atomic E-state index is 12.1. The fourth-order valence-corrected chi connectivity index (χ4v) is 3.38. The zero-order chi connectivity index (χ0) is 18.9. The van der Waals surface area contributed by atoms with Crippen molar-refractivity contribution in [2.75, 3.05) is 11.1 Å². The van der Waals surface area contributed by atoms with Gasteiger partial charge in [0.25, 0.3) is 0 Å². The highest BCUT2D eigenvalue weighted by molar-refractivity contribution is 7.99. The van der Waals surface area contributed by atoms with E-state index in [9.17, 15) is 4.79 Å². The Balaban J connectivity index is 1.46. The maximum atomic E-state index is 12.1. The van der Waals surface area contributed by atoms with Crippen molar-refractivity contribution in [3.05, 3.63) is 90.0 Å². The minimum Gasteiger partial charge on any atom is -0.457 e. The van der Waals surface area contributed by atoms with Crippen LogP contribution >= 0.6 is 11.8 Å². The fourth-order valence-electron chi connectivity index (χ4n) is 2.61. The Kier molecular flexibility index (Phi) is 6.94. The van der Waals surface area contributed by atoms with Gasteiger partial charge in [-0.1, -0.05) is 49.4 Å². The van der Waals surface area contributed by atoms with E-state index in [1.165, 1.54) is 5.56 Å². The molecule has 0 saturated heterocycles. The molecular formula is C23H23NO2S. The van der Waals surface area contributed by atoms with E-state index < -0.39 is 0 Å². The van der Waals surface area contributed by atoms with Gasteiger partial charge in [0, 0.05) is 11.4 Å². The van der Waals surface area contributed by atoms with Gasteiger partial charge in [0.1, 0.15) is 11.5 Å². The second-order valence-electron chi connectivity index (χ2n) is 6.15. The first-order chi connectivity index (χ1) is 13.2. The number of hydrogen-bond donors (Lipinski definition) is 1. The van der Waals surface area contributed by atoms with Crippen LogP contribution in [0.2, 0.25) is 0 Å². The lowest BCUT2D eigenvalue weighted by Gasteiger charge is -2.08. The summed E-state index contributed by atoms with van der Waals surface area (Å²) in [5.74, 6) is 2.81. The topological polar surface area (TPSA) is 38.3 Å². The Morgan fingerprint density at radius 3 is 2.37 bits per heavy atom. The van der Waals surface area contributed by atoms with Gasteiger partial charge in [-0.05, 0) is 53.9 Å². The molecule has 0 aliphatic heterocycles. The van der Waals surface area contributed by atoms with Crippen LogP contribution in [0.25, 0.3) is 0 Å². The molecule has 0 radical (unpaired) electrons. The fraction of sp³-hybridized carbons (Fsp3) is 0.174. The first kappa shape index (κ1) is 19.1. The highest BCUT2D eigenvalue weighted by Gasteiger charge is 2.04. The molecule has 1 N–H and O–H groups in total. The van der Waals surface area contributed by atoms with Crippen LogP contribution in [0.1, 0.15) is 18.1 Å². The van der Waals surface area contributed by atoms with Crippen LogP contribution in [0, 0.1) is 0 Å². The molecule has 1 amide bonds. The third-order valence-electron chi connectivity index (χ3n) is 4.03. The van der Waals surface area contributed by atoms with Crippen molar-refractivity contribution in [1.29, 1.82) is 0 Å². The number of carbonyl (C=O) groups is 1. The predicted molar refractivity (Wildman–Crippen MR) is 114 cm³/mol. The summed E-state index contributed by atoms with van der Waals surface area (Å²) < 4.78 is 5.86. The van der Waals surface area contributed by atoms with Crippen LogP contribution in [0.4, 0.5) is 5.69 Å². The molecule has 0 unspecified atom stereocenters. The average Bonchev–Trinajstić information content (AvgIpc) is 2.70. The molecule has 0 aromatic heterocycles. The Hall–Kier alpha value is -2.72. The molecule has 0 aliphatic rings. The number of para-hydroxylation sites is 1. The lowest BCUT2D eigenvalue weighted by atomic mass is 10.1. The zero-order valence-electron chi connectivity index (χ0n) is 15.4. The smallest absolute Gasteiger partial charge is 0.234 e. The summed E-state index contributed by atoms with van der Waals surface area (Å²) in [5, 5.41) is 2.94. The Labute approximate surface area is 164 Å². The van der Waals surface area contributed by atoms with Crippen LogP contribution in [0.15, 0.2) is 78.9 Å². The molecule has 138 valence electrons. The zero-order valence-corrected chi connectivity index (χ0v) is 16.2. The van der Waals surface area contributed by atoms with Crippen molar-refractivity contribution < 1.29 is 9.53 Å². The molecule has 3 nitrogen and oxygen atoms in total. The minimum atomic E-state index is 0.0148. The van der Waals surface area contributed by atoms with Gasteiger partial charge in [-0.25, -0.2) is 0 Å². The maximum Gasteiger partial charge on any atom is 0.234 e. The number of aryl methyl sites for hydroxylation is 1. The predicted octanol–water partition coefficient (Wildman–Crippen LogP) is 5.91. The number of thioether (sulfide) groups is 1.